The van der Waals surface area contributed by atoms with Crippen LogP contribution in [-0.2, 0) is 4.79 Å². The van der Waals surface area contributed by atoms with Crippen molar-refractivity contribution >= 4 is 17.7 Å². The summed E-state index contributed by atoms with van der Waals surface area (Å²) >= 11 is 1.72. The fraction of sp³-hybridized carbons (Fsp3) is 0.800. The van der Waals surface area contributed by atoms with Crippen LogP contribution in [0.5, 0.6) is 0 Å². The Morgan fingerprint density at radius 3 is 2.11 bits per heavy atom. The lowest BCUT2D eigenvalue weighted by atomic mass is 9.92. The number of hydrogen-bond acceptors (Lipinski definition) is 3. The lowest BCUT2D eigenvalue weighted by Crippen LogP contribution is -2.39. The lowest BCUT2D eigenvalue weighted by Gasteiger charge is -2.23. The molecule has 0 aliphatic heterocycles. The summed E-state index contributed by atoms with van der Waals surface area (Å²) in [5.74, 6) is 1.63. The maximum absolute atomic E-state index is 11.9. The smallest absolute Gasteiger partial charge is 0.221 e. The molecule has 0 bridgehead atoms. The number of rotatable bonds is 6. The van der Waals surface area contributed by atoms with E-state index in [-0.39, 0.29) is 28.5 Å². The highest BCUT2D eigenvalue weighted by molar-refractivity contribution is 7.99. The first kappa shape index (κ1) is 18.4. The molecule has 0 rings (SSSR count). The zero-order chi connectivity index (χ0) is 15.3. The van der Waals surface area contributed by atoms with E-state index in [2.05, 4.69) is 32.7 Å². The van der Waals surface area contributed by atoms with Crippen molar-refractivity contribution in [2.75, 3.05) is 11.5 Å². The van der Waals surface area contributed by atoms with Gasteiger partial charge in [-0.1, -0.05) is 48.1 Å². The van der Waals surface area contributed by atoms with Gasteiger partial charge in [0.2, 0.25) is 5.91 Å². The van der Waals surface area contributed by atoms with E-state index in [1.165, 1.54) is 0 Å². The Morgan fingerprint density at radius 1 is 1.21 bits per heavy atom. The van der Waals surface area contributed by atoms with Crippen molar-refractivity contribution in [3.63, 3.8) is 0 Å². The minimum Gasteiger partial charge on any atom is -0.511 e. The van der Waals surface area contributed by atoms with Gasteiger partial charge < -0.3 is 10.4 Å². The molecule has 3 nitrogen and oxygen atoms in total. The second-order valence-electron chi connectivity index (χ2n) is 7.42. The molecule has 0 spiro atoms. The van der Waals surface area contributed by atoms with Gasteiger partial charge in [-0.05, 0) is 16.6 Å². The molecule has 0 aromatic carbocycles. The summed E-state index contributed by atoms with van der Waals surface area (Å²) in [6.45, 7) is 16.1. The number of nitrogens with one attached hydrogen (secondary N) is 1. The van der Waals surface area contributed by atoms with Crippen LogP contribution in [0, 0.1) is 10.8 Å². The zero-order valence-electron chi connectivity index (χ0n) is 13.2. The van der Waals surface area contributed by atoms with E-state index in [1.807, 2.05) is 20.8 Å². The molecule has 0 fully saturated rings. The average Bonchev–Trinajstić information content (AvgIpc) is 2.10. The number of amides is 1. The van der Waals surface area contributed by atoms with Gasteiger partial charge in [-0.2, -0.15) is 11.8 Å². The summed E-state index contributed by atoms with van der Waals surface area (Å²) in [5.41, 5.74) is 0.186. The topological polar surface area (TPSA) is 49.3 Å². The third-order valence-electron chi connectivity index (χ3n) is 2.25. The van der Waals surface area contributed by atoms with Gasteiger partial charge in [0.15, 0.2) is 0 Å². The van der Waals surface area contributed by atoms with Crippen LogP contribution in [0.1, 0.15) is 48.0 Å². The van der Waals surface area contributed by atoms with Gasteiger partial charge in [0, 0.05) is 12.2 Å². The SMILES string of the molecule is C=C(O)[C@H](CSCC(C)(C)C)NC(=O)CC(C)(C)C. The molecule has 0 aliphatic rings. The molecule has 19 heavy (non-hydrogen) atoms. The molecular formula is C15H29NO2S. The number of hydrogen-bond donors (Lipinski definition) is 2. The van der Waals surface area contributed by atoms with Gasteiger partial charge in [0.05, 0.1) is 6.04 Å². The third kappa shape index (κ3) is 10.9. The van der Waals surface area contributed by atoms with Crippen molar-refractivity contribution in [3.05, 3.63) is 12.3 Å². The quantitative estimate of drug-likeness (QED) is 0.731. The van der Waals surface area contributed by atoms with E-state index in [4.69, 9.17) is 0 Å². The molecule has 112 valence electrons. The summed E-state index contributed by atoms with van der Waals surface area (Å²) in [4.78, 5) is 11.9. The number of aliphatic hydroxyl groups is 1. The first-order valence-electron chi connectivity index (χ1n) is 6.65. The van der Waals surface area contributed by atoms with Gasteiger partial charge in [-0.3, -0.25) is 4.79 Å². The fourth-order valence-corrected chi connectivity index (χ4v) is 2.67. The maximum Gasteiger partial charge on any atom is 0.221 e. The largest absolute Gasteiger partial charge is 0.511 e. The zero-order valence-corrected chi connectivity index (χ0v) is 14.0. The van der Waals surface area contributed by atoms with Gasteiger partial charge in [0.25, 0.3) is 0 Å². The van der Waals surface area contributed by atoms with Crippen LogP contribution >= 0.6 is 11.8 Å². The highest BCUT2D eigenvalue weighted by Crippen LogP contribution is 2.22. The molecule has 0 heterocycles. The standard InChI is InChI=1S/C15H29NO2S/c1-11(17)12(9-19-10-15(5,6)7)16-13(18)8-14(2,3)4/h12,17H,1,8-10H2,2-7H3,(H,16,18)/t12-/m0/s1. The first-order chi connectivity index (χ1) is 8.41. The first-order valence-corrected chi connectivity index (χ1v) is 7.81. The van der Waals surface area contributed by atoms with E-state index in [0.29, 0.717) is 12.2 Å². The highest BCUT2D eigenvalue weighted by atomic mass is 32.2. The third-order valence-corrected chi connectivity index (χ3v) is 3.89. The number of carbonyl (C=O) groups excluding carboxylic acids is 1. The van der Waals surface area contributed by atoms with Crippen molar-refractivity contribution in [1.82, 2.24) is 5.32 Å². The van der Waals surface area contributed by atoms with Crippen LogP contribution in [-0.4, -0.2) is 28.6 Å². The molecule has 2 N–H and O–H groups in total. The van der Waals surface area contributed by atoms with Crippen LogP contribution in [0.3, 0.4) is 0 Å². The second kappa shape index (κ2) is 7.22. The molecule has 0 saturated carbocycles. The van der Waals surface area contributed by atoms with E-state index < -0.39 is 0 Å². The summed E-state index contributed by atoms with van der Waals surface area (Å²) in [7, 11) is 0. The number of carbonyl (C=O) groups is 1. The Labute approximate surface area is 122 Å². The predicted molar refractivity (Wildman–Crippen MR) is 84.6 cm³/mol. The Hall–Kier alpha value is -0.640. The molecule has 0 saturated heterocycles. The summed E-state index contributed by atoms with van der Waals surface area (Å²) < 4.78 is 0. The van der Waals surface area contributed by atoms with Gasteiger partial charge in [0.1, 0.15) is 5.76 Å². The van der Waals surface area contributed by atoms with Crippen LogP contribution in [0.25, 0.3) is 0 Å². The second-order valence-corrected chi connectivity index (χ2v) is 8.45. The summed E-state index contributed by atoms with van der Waals surface area (Å²) in [6.07, 6.45) is 0.445. The van der Waals surface area contributed by atoms with Gasteiger partial charge in [-0.15, -0.1) is 0 Å². The Balaban J connectivity index is 4.28. The predicted octanol–water partition coefficient (Wildman–Crippen LogP) is 3.76. The molecule has 0 radical (unpaired) electrons. The van der Waals surface area contributed by atoms with Crippen LogP contribution < -0.4 is 5.32 Å². The Morgan fingerprint density at radius 2 is 1.74 bits per heavy atom. The van der Waals surface area contributed by atoms with Crippen molar-refractivity contribution in [2.24, 2.45) is 10.8 Å². The van der Waals surface area contributed by atoms with Gasteiger partial charge in [-0.25, -0.2) is 0 Å². The molecule has 0 unspecified atom stereocenters. The van der Waals surface area contributed by atoms with E-state index >= 15 is 0 Å². The van der Waals surface area contributed by atoms with Crippen molar-refractivity contribution in [2.45, 2.75) is 54.0 Å². The van der Waals surface area contributed by atoms with Crippen LogP contribution in [0.2, 0.25) is 0 Å². The van der Waals surface area contributed by atoms with Crippen molar-refractivity contribution in [1.29, 1.82) is 0 Å². The van der Waals surface area contributed by atoms with E-state index in [0.717, 1.165) is 5.75 Å². The lowest BCUT2D eigenvalue weighted by molar-refractivity contribution is -0.123. The molecule has 0 aliphatic carbocycles. The average molecular weight is 287 g/mol. The molecule has 0 aromatic heterocycles. The van der Waals surface area contributed by atoms with Gasteiger partial charge >= 0.3 is 0 Å². The number of aliphatic hydroxyl groups excluding tert-OH is 1. The normalized spacial score (nSPS) is 14.0. The van der Waals surface area contributed by atoms with Crippen molar-refractivity contribution < 1.29 is 9.90 Å². The monoisotopic (exact) mass is 287 g/mol. The molecule has 4 heteroatoms. The Bertz CT molecular complexity index is 313. The van der Waals surface area contributed by atoms with Crippen molar-refractivity contribution in [3.8, 4) is 0 Å². The van der Waals surface area contributed by atoms with Crippen LogP contribution in [0.4, 0.5) is 0 Å². The summed E-state index contributed by atoms with van der Waals surface area (Å²) in [5, 5.41) is 12.4. The molecule has 0 aromatic rings. The number of thioether (sulfide) groups is 1. The highest BCUT2D eigenvalue weighted by Gasteiger charge is 2.21. The Kier molecular flexibility index (Phi) is 6.98. The van der Waals surface area contributed by atoms with E-state index in [9.17, 15) is 9.90 Å². The molecule has 1 amide bonds. The van der Waals surface area contributed by atoms with Crippen LogP contribution in [0.15, 0.2) is 12.3 Å². The molecule has 1 atom stereocenters. The molecular weight excluding hydrogens is 258 g/mol. The maximum atomic E-state index is 11.9. The van der Waals surface area contributed by atoms with E-state index in [1.54, 1.807) is 11.8 Å². The minimum absolute atomic E-state index is 0.0312. The fourth-order valence-electron chi connectivity index (χ4n) is 1.43. The summed E-state index contributed by atoms with van der Waals surface area (Å²) in [6, 6.07) is -0.359. The minimum atomic E-state index is -0.359.